The number of nitrogens with one attached hydrogen (secondary N) is 1. The molecule has 1 unspecified atom stereocenters. The molecule has 2 nitrogen and oxygen atoms in total. The van der Waals surface area contributed by atoms with Crippen molar-refractivity contribution in [2.24, 2.45) is 0 Å². The third-order valence-electron chi connectivity index (χ3n) is 2.89. The summed E-state index contributed by atoms with van der Waals surface area (Å²) in [6.07, 6.45) is 0.624. The van der Waals surface area contributed by atoms with Gasteiger partial charge in [-0.3, -0.25) is 0 Å². The SMILES string of the molecule is CNC(Cc1ccc(Br)cc1F)c1scnc1C. The molecule has 0 fully saturated rings. The number of thiazole rings is 1. The van der Waals surface area contributed by atoms with Gasteiger partial charge in [0.1, 0.15) is 5.82 Å². The van der Waals surface area contributed by atoms with Crippen molar-refractivity contribution in [1.82, 2.24) is 10.3 Å². The van der Waals surface area contributed by atoms with Crippen molar-refractivity contribution < 1.29 is 4.39 Å². The van der Waals surface area contributed by atoms with Crippen LogP contribution in [0.5, 0.6) is 0 Å². The van der Waals surface area contributed by atoms with Crippen molar-refractivity contribution in [3.05, 3.63) is 50.1 Å². The molecule has 0 saturated heterocycles. The van der Waals surface area contributed by atoms with E-state index >= 15 is 0 Å². The van der Waals surface area contributed by atoms with Gasteiger partial charge in [0.2, 0.25) is 0 Å². The Morgan fingerprint density at radius 1 is 1.50 bits per heavy atom. The summed E-state index contributed by atoms with van der Waals surface area (Å²) >= 11 is 4.87. The van der Waals surface area contributed by atoms with E-state index < -0.39 is 0 Å². The standard InChI is InChI=1S/C13H14BrFN2S/c1-8-13(18-7-17-8)12(16-2)5-9-3-4-10(14)6-11(9)15/h3-4,6-7,12,16H,5H2,1-2H3. The molecule has 0 saturated carbocycles. The molecule has 18 heavy (non-hydrogen) atoms. The molecule has 1 aromatic heterocycles. The molecular weight excluding hydrogens is 315 g/mol. The van der Waals surface area contributed by atoms with Crippen LogP contribution in [0.15, 0.2) is 28.2 Å². The highest BCUT2D eigenvalue weighted by atomic mass is 79.9. The van der Waals surface area contributed by atoms with Gasteiger partial charge in [-0.25, -0.2) is 9.37 Å². The van der Waals surface area contributed by atoms with Gasteiger partial charge in [0.05, 0.1) is 11.2 Å². The minimum atomic E-state index is -0.174. The fourth-order valence-electron chi connectivity index (χ4n) is 1.88. The number of likely N-dealkylation sites (N-methyl/N-ethyl adjacent to an activating group) is 1. The van der Waals surface area contributed by atoms with Gasteiger partial charge in [-0.1, -0.05) is 22.0 Å². The summed E-state index contributed by atoms with van der Waals surface area (Å²) in [6.45, 7) is 1.98. The first-order valence-corrected chi connectivity index (χ1v) is 7.30. The fourth-order valence-corrected chi connectivity index (χ4v) is 3.12. The molecule has 96 valence electrons. The summed E-state index contributed by atoms with van der Waals surface area (Å²) in [7, 11) is 1.89. The quantitative estimate of drug-likeness (QED) is 0.921. The highest BCUT2D eigenvalue weighted by Gasteiger charge is 2.16. The van der Waals surface area contributed by atoms with Crippen molar-refractivity contribution in [3.8, 4) is 0 Å². The van der Waals surface area contributed by atoms with Crippen molar-refractivity contribution in [1.29, 1.82) is 0 Å². The van der Waals surface area contributed by atoms with Gasteiger partial charge in [-0.05, 0) is 38.1 Å². The summed E-state index contributed by atoms with van der Waals surface area (Å²) in [6, 6.07) is 5.29. The maximum Gasteiger partial charge on any atom is 0.127 e. The average molecular weight is 329 g/mol. The molecule has 0 amide bonds. The van der Waals surface area contributed by atoms with Gasteiger partial charge >= 0.3 is 0 Å². The molecule has 0 aliphatic rings. The molecule has 0 radical (unpaired) electrons. The topological polar surface area (TPSA) is 24.9 Å². The van der Waals surface area contributed by atoms with Gasteiger partial charge < -0.3 is 5.32 Å². The Labute approximate surface area is 118 Å². The van der Waals surface area contributed by atoms with E-state index in [2.05, 4.69) is 26.2 Å². The maximum atomic E-state index is 13.8. The first kappa shape index (κ1) is 13.6. The Kier molecular flexibility index (Phi) is 4.48. The third kappa shape index (κ3) is 2.96. The average Bonchev–Trinajstić information content (AvgIpc) is 2.75. The molecule has 2 aromatic rings. The Bertz CT molecular complexity index is 542. The van der Waals surface area contributed by atoms with E-state index in [4.69, 9.17) is 0 Å². The summed E-state index contributed by atoms with van der Waals surface area (Å²) < 4.78 is 14.6. The second-order valence-electron chi connectivity index (χ2n) is 4.08. The Morgan fingerprint density at radius 2 is 2.28 bits per heavy atom. The largest absolute Gasteiger partial charge is 0.312 e. The predicted octanol–water partition coefficient (Wildman–Crippen LogP) is 3.86. The molecule has 5 heteroatoms. The van der Waals surface area contributed by atoms with E-state index in [0.29, 0.717) is 12.0 Å². The second-order valence-corrected chi connectivity index (χ2v) is 5.89. The molecule has 2 rings (SSSR count). The minimum absolute atomic E-state index is 0.105. The second kappa shape index (κ2) is 5.91. The van der Waals surface area contributed by atoms with Crippen LogP contribution in [-0.2, 0) is 6.42 Å². The molecule has 0 bridgehead atoms. The van der Waals surface area contributed by atoms with Crippen LogP contribution in [0.2, 0.25) is 0 Å². The highest BCUT2D eigenvalue weighted by molar-refractivity contribution is 9.10. The number of nitrogens with zero attached hydrogens (tertiary/aromatic N) is 1. The lowest BCUT2D eigenvalue weighted by Crippen LogP contribution is -2.19. The number of rotatable bonds is 4. The molecule has 0 aliphatic heterocycles. The van der Waals surface area contributed by atoms with Gasteiger partial charge in [-0.2, -0.15) is 0 Å². The molecule has 1 heterocycles. The monoisotopic (exact) mass is 328 g/mol. The summed E-state index contributed by atoms with van der Waals surface area (Å²) in [5, 5.41) is 3.23. The van der Waals surface area contributed by atoms with Crippen LogP contribution in [-0.4, -0.2) is 12.0 Å². The first-order valence-electron chi connectivity index (χ1n) is 5.63. The summed E-state index contributed by atoms with van der Waals surface area (Å²) in [4.78, 5) is 5.41. The predicted molar refractivity (Wildman–Crippen MR) is 76.5 cm³/mol. The lowest BCUT2D eigenvalue weighted by Gasteiger charge is -2.16. The molecule has 1 N–H and O–H groups in total. The van der Waals surface area contributed by atoms with Crippen molar-refractivity contribution in [3.63, 3.8) is 0 Å². The third-order valence-corrected chi connectivity index (χ3v) is 4.42. The van der Waals surface area contributed by atoms with Crippen LogP contribution in [0, 0.1) is 12.7 Å². The minimum Gasteiger partial charge on any atom is -0.312 e. The summed E-state index contributed by atoms with van der Waals surface area (Å²) in [5.74, 6) is -0.174. The summed E-state index contributed by atoms with van der Waals surface area (Å²) in [5.41, 5.74) is 3.55. The fraction of sp³-hybridized carbons (Fsp3) is 0.308. The number of aryl methyl sites for hydroxylation is 1. The lowest BCUT2D eigenvalue weighted by molar-refractivity contribution is 0.557. The van der Waals surface area contributed by atoms with Crippen LogP contribution in [0.3, 0.4) is 0 Å². The van der Waals surface area contributed by atoms with Crippen LogP contribution in [0.4, 0.5) is 4.39 Å². The number of halogens is 2. The zero-order chi connectivity index (χ0) is 13.1. The molecular formula is C13H14BrFN2S. The van der Waals surface area contributed by atoms with Crippen LogP contribution in [0.25, 0.3) is 0 Å². The van der Waals surface area contributed by atoms with Crippen LogP contribution >= 0.6 is 27.3 Å². The van der Waals surface area contributed by atoms with E-state index in [9.17, 15) is 4.39 Å². The zero-order valence-corrected chi connectivity index (χ0v) is 12.6. The van der Waals surface area contributed by atoms with Gasteiger partial charge in [-0.15, -0.1) is 11.3 Å². The Morgan fingerprint density at radius 3 is 2.83 bits per heavy atom. The van der Waals surface area contributed by atoms with Crippen molar-refractivity contribution >= 4 is 27.3 Å². The number of hydrogen-bond acceptors (Lipinski definition) is 3. The molecule has 0 spiro atoms. The maximum absolute atomic E-state index is 13.8. The van der Waals surface area contributed by atoms with Crippen LogP contribution < -0.4 is 5.32 Å². The molecule has 0 aliphatic carbocycles. The Balaban J connectivity index is 2.23. The van der Waals surface area contributed by atoms with E-state index in [0.717, 1.165) is 10.2 Å². The van der Waals surface area contributed by atoms with Crippen LogP contribution in [0.1, 0.15) is 22.2 Å². The van der Waals surface area contributed by atoms with E-state index in [1.54, 1.807) is 11.3 Å². The highest BCUT2D eigenvalue weighted by Crippen LogP contribution is 2.26. The van der Waals surface area contributed by atoms with Gasteiger partial charge in [0.25, 0.3) is 0 Å². The normalized spacial score (nSPS) is 12.7. The zero-order valence-electron chi connectivity index (χ0n) is 10.2. The Hall–Kier alpha value is -0.780. The molecule has 1 aromatic carbocycles. The van der Waals surface area contributed by atoms with Crippen molar-refractivity contribution in [2.75, 3.05) is 7.05 Å². The van der Waals surface area contributed by atoms with E-state index in [-0.39, 0.29) is 11.9 Å². The van der Waals surface area contributed by atoms with Crippen molar-refractivity contribution in [2.45, 2.75) is 19.4 Å². The smallest absolute Gasteiger partial charge is 0.127 e. The molecule has 1 atom stereocenters. The van der Waals surface area contributed by atoms with E-state index in [1.807, 2.05) is 31.6 Å². The van der Waals surface area contributed by atoms with Gasteiger partial charge in [0.15, 0.2) is 0 Å². The lowest BCUT2D eigenvalue weighted by atomic mass is 10.0. The number of aromatic nitrogens is 1. The van der Waals surface area contributed by atoms with E-state index in [1.165, 1.54) is 10.9 Å². The van der Waals surface area contributed by atoms with Gasteiger partial charge in [0, 0.05) is 15.4 Å². The first-order chi connectivity index (χ1) is 8.61. The number of benzene rings is 1. The number of hydrogen-bond donors (Lipinski definition) is 1.